The fourth-order valence-electron chi connectivity index (χ4n) is 5.79. The lowest BCUT2D eigenvalue weighted by molar-refractivity contribution is 0.0911. The molecule has 0 amide bonds. The molecule has 1 aliphatic carbocycles. The molecule has 0 radical (unpaired) electrons. The van der Waals surface area contributed by atoms with Crippen molar-refractivity contribution < 1.29 is 9.18 Å². The van der Waals surface area contributed by atoms with Crippen LogP contribution in [0.25, 0.3) is 50.0 Å². The fourth-order valence-corrected chi connectivity index (χ4v) is 5.91. The third-order valence-electron chi connectivity index (χ3n) is 7.50. The summed E-state index contributed by atoms with van der Waals surface area (Å²) >= 11 is 6.27. The molecule has 3 heterocycles. The second kappa shape index (κ2) is 8.61. The number of Topliss-reactive ketones (excluding diaryl/α,β-unsaturated/α-hetero) is 1. The van der Waals surface area contributed by atoms with E-state index in [0.717, 1.165) is 38.7 Å². The minimum atomic E-state index is -0.327. The van der Waals surface area contributed by atoms with Gasteiger partial charge in [-0.3, -0.25) is 4.79 Å². The number of carbonyl (C=O) groups is 1. The summed E-state index contributed by atoms with van der Waals surface area (Å²) in [5.74, 6) is -0.258. The van der Waals surface area contributed by atoms with E-state index in [1.807, 2.05) is 54.7 Å². The van der Waals surface area contributed by atoms with Gasteiger partial charge in [0, 0.05) is 45.2 Å². The van der Waals surface area contributed by atoms with Crippen molar-refractivity contribution in [1.82, 2.24) is 19.7 Å². The normalized spacial score (nSPS) is 14.7. The van der Waals surface area contributed by atoms with Gasteiger partial charge in [0.05, 0.1) is 16.8 Å². The highest BCUT2D eigenvalue weighted by atomic mass is 35.5. The Morgan fingerprint density at radius 1 is 0.949 bits per heavy atom. The Labute approximate surface area is 229 Å². The van der Waals surface area contributed by atoms with Crippen LogP contribution in [0.1, 0.15) is 36.3 Å². The summed E-state index contributed by atoms with van der Waals surface area (Å²) in [6.07, 6.45) is 3.03. The predicted octanol–water partition coefficient (Wildman–Crippen LogP) is 8.18. The molecule has 192 valence electrons. The maximum absolute atomic E-state index is 13.9. The Morgan fingerprint density at radius 3 is 2.46 bits per heavy atom. The van der Waals surface area contributed by atoms with Crippen LogP contribution in [0.2, 0.25) is 5.02 Å². The molecule has 3 aromatic carbocycles. The second-order valence-corrected chi connectivity index (χ2v) is 11.4. The number of halogens is 2. The van der Waals surface area contributed by atoms with Crippen molar-refractivity contribution in [3.63, 3.8) is 0 Å². The number of hydrogen-bond acceptors (Lipinski definition) is 3. The Balaban J connectivity index is 1.66. The molecule has 0 spiro atoms. The van der Waals surface area contributed by atoms with E-state index < -0.39 is 0 Å². The van der Waals surface area contributed by atoms with E-state index >= 15 is 0 Å². The zero-order valence-electron chi connectivity index (χ0n) is 21.4. The largest absolute Gasteiger partial charge is 0.360 e. The highest BCUT2D eigenvalue weighted by molar-refractivity contribution is 6.30. The smallest absolute Gasteiger partial charge is 0.165 e. The Kier molecular flexibility index (Phi) is 5.26. The van der Waals surface area contributed by atoms with E-state index in [0.29, 0.717) is 40.5 Å². The maximum atomic E-state index is 13.9. The van der Waals surface area contributed by atoms with E-state index in [2.05, 4.69) is 18.8 Å². The van der Waals surface area contributed by atoms with E-state index in [1.165, 1.54) is 12.1 Å². The molecule has 0 fully saturated rings. The number of hydrogen-bond donors (Lipinski definition) is 1. The number of aromatic nitrogens is 4. The number of para-hydroxylation sites is 1. The number of rotatable bonds is 3. The summed E-state index contributed by atoms with van der Waals surface area (Å²) in [6, 6.07) is 21.8. The van der Waals surface area contributed by atoms with Crippen molar-refractivity contribution in [3.8, 4) is 28.1 Å². The van der Waals surface area contributed by atoms with Crippen LogP contribution in [-0.2, 0) is 6.42 Å². The van der Waals surface area contributed by atoms with Crippen LogP contribution in [0, 0.1) is 11.2 Å². The molecule has 7 heteroatoms. The molecule has 0 saturated carbocycles. The van der Waals surface area contributed by atoms with Gasteiger partial charge in [0.25, 0.3) is 0 Å². The molecule has 0 unspecified atom stereocenters. The van der Waals surface area contributed by atoms with Gasteiger partial charge < -0.3 is 4.98 Å². The molecule has 0 atom stereocenters. The lowest BCUT2D eigenvalue weighted by Gasteiger charge is -2.31. The molecule has 6 aromatic rings. The van der Waals surface area contributed by atoms with Crippen LogP contribution in [0.5, 0.6) is 0 Å². The monoisotopic (exact) mass is 534 g/mol. The first-order valence-electron chi connectivity index (χ1n) is 12.9. The van der Waals surface area contributed by atoms with Gasteiger partial charge in [0.2, 0.25) is 0 Å². The summed E-state index contributed by atoms with van der Waals surface area (Å²) in [7, 11) is 0. The Morgan fingerprint density at radius 2 is 1.69 bits per heavy atom. The first-order chi connectivity index (χ1) is 18.8. The van der Waals surface area contributed by atoms with Gasteiger partial charge in [-0.2, -0.15) is 5.10 Å². The Bertz CT molecular complexity index is 1920. The van der Waals surface area contributed by atoms with Crippen molar-refractivity contribution in [2.75, 3.05) is 0 Å². The molecule has 1 aliphatic rings. The van der Waals surface area contributed by atoms with Crippen LogP contribution in [0.3, 0.4) is 0 Å². The summed E-state index contributed by atoms with van der Waals surface area (Å²) in [6.45, 7) is 4.19. The van der Waals surface area contributed by atoms with Crippen LogP contribution in [-0.4, -0.2) is 25.5 Å². The van der Waals surface area contributed by atoms with Gasteiger partial charge in [0.1, 0.15) is 11.5 Å². The number of carbonyl (C=O) groups excluding carboxylic acids is 1. The molecule has 5 nitrogen and oxygen atoms in total. The van der Waals surface area contributed by atoms with Gasteiger partial charge in [0.15, 0.2) is 11.4 Å². The van der Waals surface area contributed by atoms with Crippen LogP contribution >= 0.6 is 11.6 Å². The number of nitrogens with zero attached hydrogens (tertiary/aromatic N) is 3. The number of nitrogens with one attached hydrogen (secondary N) is 1. The quantitative estimate of drug-likeness (QED) is 0.249. The molecular weight excluding hydrogens is 511 g/mol. The third kappa shape index (κ3) is 3.86. The lowest BCUT2D eigenvalue weighted by atomic mass is 9.73. The van der Waals surface area contributed by atoms with E-state index in [-0.39, 0.29) is 17.0 Å². The molecule has 0 aliphatic heterocycles. The first-order valence-corrected chi connectivity index (χ1v) is 13.2. The number of aromatic amines is 1. The zero-order valence-corrected chi connectivity index (χ0v) is 22.2. The van der Waals surface area contributed by atoms with Crippen LogP contribution in [0.15, 0.2) is 79.0 Å². The molecule has 39 heavy (non-hydrogen) atoms. The molecule has 1 N–H and O–H groups in total. The summed E-state index contributed by atoms with van der Waals surface area (Å²) in [4.78, 5) is 22.3. The van der Waals surface area contributed by atoms with Crippen molar-refractivity contribution in [1.29, 1.82) is 0 Å². The minimum Gasteiger partial charge on any atom is -0.360 e. The molecule has 0 saturated heterocycles. The van der Waals surface area contributed by atoms with Gasteiger partial charge in [-0.1, -0.05) is 55.8 Å². The average molecular weight is 535 g/mol. The number of fused-ring (bicyclic) bond motifs is 3. The standard InChI is InChI=1S/C32H24ClFN4O/c1-32(2)15-25-28(26(39)16-32)27(18-7-9-19(33)10-8-18)29-30(23-17-35-24-6-4-3-5-22(23)24)37-38(31(29)36-25)21-13-11-20(34)12-14-21/h3-14,17,35H,15-16H2,1-2H3. The van der Waals surface area contributed by atoms with E-state index in [1.54, 1.807) is 16.8 Å². The van der Waals surface area contributed by atoms with E-state index in [4.69, 9.17) is 21.7 Å². The zero-order chi connectivity index (χ0) is 26.9. The highest BCUT2D eigenvalue weighted by Crippen LogP contribution is 2.45. The van der Waals surface area contributed by atoms with Crippen molar-refractivity contribution in [3.05, 3.63) is 101 Å². The topological polar surface area (TPSA) is 63.6 Å². The first kappa shape index (κ1) is 23.8. The molecule has 3 aromatic heterocycles. The van der Waals surface area contributed by atoms with Crippen molar-refractivity contribution in [2.24, 2.45) is 5.41 Å². The number of benzene rings is 3. The third-order valence-corrected chi connectivity index (χ3v) is 7.75. The predicted molar refractivity (Wildman–Crippen MR) is 153 cm³/mol. The molecule has 0 bridgehead atoms. The van der Waals surface area contributed by atoms with Gasteiger partial charge in [-0.05, 0) is 59.9 Å². The average Bonchev–Trinajstić information content (AvgIpc) is 3.49. The van der Waals surface area contributed by atoms with Gasteiger partial charge in [-0.15, -0.1) is 0 Å². The number of H-pyrrole nitrogens is 1. The number of pyridine rings is 1. The number of ketones is 1. The minimum absolute atomic E-state index is 0.0695. The fraction of sp³-hybridized carbons (Fsp3) is 0.156. The van der Waals surface area contributed by atoms with Gasteiger partial charge >= 0.3 is 0 Å². The lowest BCUT2D eigenvalue weighted by Crippen LogP contribution is -2.28. The second-order valence-electron chi connectivity index (χ2n) is 10.9. The summed E-state index contributed by atoms with van der Waals surface area (Å²) in [5, 5.41) is 7.49. The highest BCUT2D eigenvalue weighted by Gasteiger charge is 2.36. The van der Waals surface area contributed by atoms with Gasteiger partial charge in [-0.25, -0.2) is 14.1 Å². The SMILES string of the molecule is CC1(C)CC(=O)c2c(nc3c(c(-c4c[nH]c5ccccc45)nn3-c3ccc(F)cc3)c2-c2ccc(Cl)cc2)C1. The Hall–Kier alpha value is -4.29. The van der Waals surface area contributed by atoms with Crippen molar-refractivity contribution in [2.45, 2.75) is 26.7 Å². The summed E-state index contributed by atoms with van der Waals surface area (Å²) in [5.41, 5.74) is 6.74. The van der Waals surface area contributed by atoms with Crippen LogP contribution in [0.4, 0.5) is 4.39 Å². The van der Waals surface area contributed by atoms with E-state index in [9.17, 15) is 9.18 Å². The van der Waals surface area contributed by atoms with Crippen LogP contribution < -0.4 is 0 Å². The molecule has 7 rings (SSSR count). The molecular formula is C32H24ClFN4O. The summed E-state index contributed by atoms with van der Waals surface area (Å²) < 4.78 is 15.7. The maximum Gasteiger partial charge on any atom is 0.165 e. The van der Waals surface area contributed by atoms with Crippen molar-refractivity contribution >= 4 is 39.3 Å².